The Morgan fingerprint density at radius 3 is 2.96 bits per heavy atom. The number of amides is 1. The molecule has 0 aromatic carbocycles. The van der Waals surface area contributed by atoms with E-state index in [0.717, 1.165) is 34.8 Å². The second kappa shape index (κ2) is 8.10. The third-order valence-corrected chi connectivity index (χ3v) is 7.34. The summed E-state index contributed by atoms with van der Waals surface area (Å²) < 4.78 is 0. The fourth-order valence-corrected chi connectivity index (χ4v) is 4.94. The summed E-state index contributed by atoms with van der Waals surface area (Å²) in [6.07, 6.45) is 1.08. The lowest BCUT2D eigenvalue weighted by molar-refractivity contribution is -0.121. The molecule has 3 rings (SSSR count). The Hall–Kier alpha value is -1.38. The van der Waals surface area contributed by atoms with Gasteiger partial charge in [0.2, 0.25) is 5.91 Å². The molecule has 1 amide bonds. The summed E-state index contributed by atoms with van der Waals surface area (Å²) >= 11 is 3.04. The van der Waals surface area contributed by atoms with Crippen LogP contribution in [0.25, 0.3) is 10.2 Å². The number of carbonyl (C=O) groups excluding carboxylic acids is 1. The van der Waals surface area contributed by atoms with E-state index in [-0.39, 0.29) is 22.8 Å². The first kappa shape index (κ1) is 19.4. The molecule has 0 radical (unpaired) electrons. The predicted octanol–water partition coefficient (Wildman–Crippen LogP) is 2.34. The predicted molar refractivity (Wildman–Crippen MR) is 109 cm³/mol. The van der Waals surface area contributed by atoms with Crippen LogP contribution >= 0.6 is 23.1 Å². The van der Waals surface area contributed by atoms with E-state index in [1.165, 1.54) is 11.8 Å². The fourth-order valence-electron chi connectivity index (χ4n) is 3.13. The highest BCUT2D eigenvalue weighted by atomic mass is 32.2. The molecule has 8 heteroatoms. The number of H-pyrrole nitrogens is 1. The summed E-state index contributed by atoms with van der Waals surface area (Å²) in [5.74, 6) is 1.67. The molecule has 2 aromatic rings. The summed E-state index contributed by atoms with van der Waals surface area (Å²) in [6.45, 7) is 9.87. The van der Waals surface area contributed by atoms with Crippen molar-refractivity contribution in [3.63, 3.8) is 0 Å². The number of fused-ring (bicyclic) bond motifs is 1. The van der Waals surface area contributed by atoms with Crippen molar-refractivity contribution in [1.82, 2.24) is 20.6 Å². The van der Waals surface area contributed by atoms with Crippen LogP contribution in [0.1, 0.15) is 36.5 Å². The molecular formula is C18H26N4O2S2. The number of thiophene rings is 1. The smallest absolute Gasteiger partial charge is 0.259 e. The molecule has 2 aromatic heterocycles. The molecule has 0 aliphatic carbocycles. The molecule has 1 fully saturated rings. The molecule has 3 atom stereocenters. The lowest BCUT2D eigenvalue weighted by atomic mass is 9.95. The summed E-state index contributed by atoms with van der Waals surface area (Å²) in [7, 11) is 0. The first-order valence-corrected chi connectivity index (χ1v) is 10.8. The summed E-state index contributed by atoms with van der Waals surface area (Å²) in [5, 5.41) is 6.96. The van der Waals surface area contributed by atoms with Crippen LogP contribution in [0.2, 0.25) is 0 Å². The highest BCUT2D eigenvalue weighted by Gasteiger charge is 2.25. The number of hydrogen-bond donors (Lipinski definition) is 3. The van der Waals surface area contributed by atoms with Crippen molar-refractivity contribution in [2.24, 2.45) is 5.92 Å². The summed E-state index contributed by atoms with van der Waals surface area (Å²) in [4.78, 5) is 34.1. The van der Waals surface area contributed by atoms with Crippen molar-refractivity contribution in [3.05, 3.63) is 26.6 Å². The minimum Gasteiger partial charge on any atom is -0.351 e. The Morgan fingerprint density at radius 2 is 2.23 bits per heavy atom. The topological polar surface area (TPSA) is 86.9 Å². The van der Waals surface area contributed by atoms with Crippen molar-refractivity contribution < 1.29 is 4.79 Å². The molecular weight excluding hydrogens is 368 g/mol. The van der Waals surface area contributed by atoms with Crippen molar-refractivity contribution in [1.29, 1.82) is 0 Å². The van der Waals surface area contributed by atoms with Crippen molar-refractivity contribution in [3.8, 4) is 0 Å². The zero-order valence-electron chi connectivity index (χ0n) is 15.6. The van der Waals surface area contributed by atoms with Crippen LogP contribution < -0.4 is 16.2 Å². The van der Waals surface area contributed by atoms with Gasteiger partial charge in [-0.25, -0.2) is 4.98 Å². The van der Waals surface area contributed by atoms with Gasteiger partial charge in [0, 0.05) is 17.5 Å². The number of hydrogen-bond acceptors (Lipinski definition) is 6. The molecule has 142 valence electrons. The van der Waals surface area contributed by atoms with Gasteiger partial charge in [0.25, 0.3) is 5.56 Å². The van der Waals surface area contributed by atoms with E-state index in [9.17, 15) is 9.59 Å². The minimum absolute atomic E-state index is 0.0433. The molecule has 1 aliphatic rings. The molecule has 3 unspecified atom stereocenters. The number of aromatic nitrogens is 2. The van der Waals surface area contributed by atoms with Crippen molar-refractivity contribution >= 4 is 39.2 Å². The average molecular weight is 395 g/mol. The molecule has 6 nitrogen and oxygen atoms in total. The number of thioether (sulfide) groups is 1. The Bertz CT molecular complexity index is 861. The number of rotatable bonds is 5. The van der Waals surface area contributed by atoms with Gasteiger partial charge in [0.15, 0.2) is 0 Å². The molecule has 26 heavy (non-hydrogen) atoms. The molecule has 3 N–H and O–H groups in total. The van der Waals surface area contributed by atoms with Crippen LogP contribution in [0.3, 0.4) is 0 Å². The van der Waals surface area contributed by atoms with Crippen LogP contribution in [-0.2, 0) is 10.5 Å². The average Bonchev–Trinajstić information content (AvgIpc) is 2.89. The Morgan fingerprint density at radius 1 is 1.46 bits per heavy atom. The summed E-state index contributed by atoms with van der Waals surface area (Å²) in [5.41, 5.74) is 0.910. The van der Waals surface area contributed by atoms with Gasteiger partial charge in [-0.05, 0) is 45.2 Å². The van der Waals surface area contributed by atoms with E-state index in [4.69, 9.17) is 0 Å². The Kier molecular flexibility index (Phi) is 6.04. The van der Waals surface area contributed by atoms with E-state index in [1.54, 1.807) is 11.3 Å². The lowest BCUT2D eigenvalue weighted by Gasteiger charge is -2.31. The lowest BCUT2D eigenvalue weighted by Crippen LogP contribution is -2.51. The van der Waals surface area contributed by atoms with E-state index in [2.05, 4.69) is 27.5 Å². The Labute approximate surface area is 161 Å². The number of piperidine rings is 1. The van der Waals surface area contributed by atoms with Crippen molar-refractivity contribution in [2.45, 2.75) is 51.2 Å². The van der Waals surface area contributed by atoms with Crippen LogP contribution in [0.5, 0.6) is 0 Å². The first-order chi connectivity index (χ1) is 12.4. The van der Waals surface area contributed by atoms with Crippen molar-refractivity contribution in [2.75, 3.05) is 13.1 Å². The zero-order valence-corrected chi connectivity index (χ0v) is 17.3. The van der Waals surface area contributed by atoms with Crippen LogP contribution in [-0.4, -0.2) is 40.3 Å². The van der Waals surface area contributed by atoms with Gasteiger partial charge in [-0.2, -0.15) is 0 Å². The third kappa shape index (κ3) is 4.13. The molecule has 0 spiro atoms. The number of carbonyl (C=O) groups is 1. The second-order valence-electron chi connectivity index (χ2n) is 7.01. The van der Waals surface area contributed by atoms with E-state index in [1.807, 2.05) is 20.8 Å². The number of aromatic amines is 1. The first-order valence-electron chi connectivity index (χ1n) is 8.98. The van der Waals surface area contributed by atoms with Gasteiger partial charge in [-0.3, -0.25) is 9.59 Å². The highest BCUT2D eigenvalue weighted by molar-refractivity contribution is 7.99. The number of aryl methyl sites for hydroxylation is 2. The molecule has 0 bridgehead atoms. The van der Waals surface area contributed by atoms with Crippen LogP contribution in [0, 0.1) is 19.8 Å². The summed E-state index contributed by atoms with van der Waals surface area (Å²) in [6, 6.07) is 0.186. The quantitative estimate of drug-likeness (QED) is 0.725. The molecule has 1 aliphatic heterocycles. The van der Waals surface area contributed by atoms with Gasteiger partial charge in [0.1, 0.15) is 10.7 Å². The van der Waals surface area contributed by atoms with Gasteiger partial charge in [-0.1, -0.05) is 6.92 Å². The normalized spacial score (nSPS) is 21.7. The van der Waals surface area contributed by atoms with Gasteiger partial charge >= 0.3 is 0 Å². The maximum absolute atomic E-state index is 12.5. The standard InChI is InChI=1S/C18H26N4O2S2/c1-9-5-6-19-7-13(9)20-16(23)12(4)25-8-14-21-17(24)15-10(2)11(3)26-18(15)22-14/h9,12-13,19H,5-8H2,1-4H3,(H,20,23)(H,21,22,24). The molecule has 3 heterocycles. The highest BCUT2D eigenvalue weighted by Crippen LogP contribution is 2.26. The van der Waals surface area contributed by atoms with Gasteiger partial charge in [-0.15, -0.1) is 23.1 Å². The van der Waals surface area contributed by atoms with E-state index >= 15 is 0 Å². The van der Waals surface area contributed by atoms with Crippen LogP contribution in [0.4, 0.5) is 0 Å². The van der Waals surface area contributed by atoms with Gasteiger partial charge in [0.05, 0.1) is 16.4 Å². The minimum atomic E-state index is -0.197. The van der Waals surface area contributed by atoms with E-state index in [0.29, 0.717) is 22.9 Å². The number of nitrogens with zero attached hydrogens (tertiary/aromatic N) is 1. The number of nitrogens with one attached hydrogen (secondary N) is 3. The molecule has 1 saturated heterocycles. The second-order valence-corrected chi connectivity index (χ2v) is 9.55. The maximum atomic E-state index is 12.5. The SMILES string of the molecule is Cc1sc2nc(CSC(C)C(=O)NC3CNCCC3C)[nH]c(=O)c2c1C. The largest absolute Gasteiger partial charge is 0.351 e. The van der Waals surface area contributed by atoms with Crippen LogP contribution in [0.15, 0.2) is 4.79 Å². The monoisotopic (exact) mass is 394 g/mol. The van der Waals surface area contributed by atoms with Gasteiger partial charge < -0.3 is 15.6 Å². The maximum Gasteiger partial charge on any atom is 0.259 e. The zero-order chi connectivity index (χ0) is 18.8. The Balaban J connectivity index is 1.62. The third-order valence-electron chi connectivity index (χ3n) is 5.08. The fraction of sp³-hybridized carbons (Fsp3) is 0.611. The van der Waals surface area contributed by atoms with E-state index < -0.39 is 0 Å². The molecule has 0 saturated carbocycles.